The number of hydrogen-bond acceptors (Lipinski definition) is 2. The van der Waals surface area contributed by atoms with E-state index in [-0.39, 0.29) is 11.3 Å². The van der Waals surface area contributed by atoms with E-state index in [1.165, 1.54) is 6.07 Å². The first-order valence-corrected chi connectivity index (χ1v) is 7.03. The number of amides is 1. The first-order chi connectivity index (χ1) is 9.49. The van der Waals surface area contributed by atoms with Crippen LogP contribution in [0.5, 0.6) is 0 Å². The molecule has 0 saturated carbocycles. The molecule has 2 N–H and O–H groups in total. The lowest BCUT2D eigenvalue weighted by Gasteiger charge is -2.09. The van der Waals surface area contributed by atoms with Crippen LogP contribution in [0, 0.1) is 3.57 Å². The SMILES string of the molecule is O=C(Nc1ccccc1C(=O)O)c1cc(Cl)ccc1I. The molecule has 4 nitrogen and oxygen atoms in total. The predicted molar refractivity (Wildman–Crippen MR) is 85.5 cm³/mol. The van der Waals surface area contributed by atoms with Crippen molar-refractivity contribution in [3.63, 3.8) is 0 Å². The van der Waals surface area contributed by atoms with Crippen LogP contribution in [0.25, 0.3) is 0 Å². The highest BCUT2D eigenvalue weighted by atomic mass is 127. The minimum Gasteiger partial charge on any atom is -0.478 e. The Morgan fingerprint density at radius 3 is 2.50 bits per heavy atom. The van der Waals surface area contributed by atoms with E-state index in [4.69, 9.17) is 16.7 Å². The van der Waals surface area contributed by atoms with Gasteiger partial charge < -0.3 is 10.4 Å². The lowest BCUT2D eigenvalue weighted by atomic mass is 10.1. The van der Waals surface area contributed by atoms with Crippen molar-refractivity contribution < 1.29 is 14.7 Å². The Bertz CT molecular complexity index is 688. The van der Waals surface area contributed by atoms with E-state index < -0.39 is 11.9 Å². The second-order valence-corrected chi connectivity index (χ2v) is 5.53. The largest absolute Gasteiger partial charge is 0.478 e. The Morgan fingerprint density at radius 2 is 1.80 bits per heavy atom. The Labute approximate surface area is 133 Å². The normalized spacial score (nSPS) is 10.1. The molecule has 0 saturated heterocycles. The molecule has 0 radical (unpaired) electrons. The van der Waals surface area contributed by atoms with Gasteiger partial charge in [0.05, 0.1) is 16.8 Å². The quantitative estimate of drug-likeness (QED) is 0.767. The molecule has 0 aromatic heterocycles. The third-order valence-corrected chi connectivity index (χ3v) is 3.75. The van der Waals surface area contributed by atoms with Crippen molar-refractivity contribution >= 4 is 51.8 Å². The molecule has 0 aliphatic carbocycles. The van der Waals surface area contributed by atoms with E-state index in [0.29, 0.717) is 10.6 Å². The summed E-state index contributed by atoms with van der Waals surface area (Å²) in [6.07, 6.45) is 0. The van der Waals surface area contributed by atoms with Crippen LogP contribution in [0.15, 0.2) is 42.5 Å². The summed E-state index contributed by atoms with van der Waals surface area (Å²) in [5, 5.41) is 12.1. The van der Waals surface area contributed by atoms with E-state index in [1.54, 1.807) is 36.4 Å². The van der Waals surface area contributed by atoms with Gasteiger partial charge >= 0.3 is 5.97 Å². The minimum absolute atomic E-state index is 0.0397. The number of aromatic carboxylic acids is 1. The summed E-state index contributed by atoms with van der Waals surface area (Å²) in [6, 6.07) is 11.2. The van der Waals surface area contributed by atoms with Crippen LogP contribution in [0.2, 0.25) is 5.02 Å². The lowest BCUT2D eigenvalue weighted by Crippen LogP contribution is -2.16. The summed E-state index contributed by atoms with van der Waals surface area (Å²) in [5.41, 5.74) is 0.692. The highest BCUT2D eigenvalue weighted by Crippen LogP contribution is 2.21. The Hall–Kier alpha value is -1.60. The van der Waals surface area contributed by atoms with E-state index in [2.05, 4.69) is 5.32 Å². The first-order valence-electron chi connectivity index (χ1n) is 5.58. The van der Waals surface area contributed by atoms with Gasteiger partial charge in [-0.05, 0) is 52.9 Å². The average molecular weight is 402 g/mol. The highest BCUT2D eigenvalue weighted by molar-refractivity contribution is 14.1. The van der Waals surface area contributed by atoms with Crippen LogP contribution in [0.4, 0.5) is 5.69 Å². The number of carboxylic acid groups (broad SMARTS) is 1. The summed E-state index contributed by atoms with van der Waals surface area (Å²) in [5.74, 6) is -1.49. The number of anilines is 1. The Balaban J connectivity index is 2.33. The second kappa shape index (κ2) is 6.23. The van der Waals surface area contributed by atoms with Crippen molar-refractivity contribution in [2.75, 3.05) is 5.32 Å². The van der Waals surface area contributed by atoms with Crippen molar-refractivity contribution in [3.05, 3.63) is 62.2 Å². The van der Waals surface area contributed by atoms with Crippen LogP contribution < -0.4 is 5.32 Å². The number of rotatable bonds is 3. The Kier molecular flexibility index (Phi) is 4.61. The standard InChI is InChI=1S/C14H9ClINO3/c15-8-5-6-11(16)10(7-8)13(18)17-12-4-2-1-3-9(12)14(19)20/h1-7H,(H,17,18)(H,19,20). The fraction of sp³-hybridized carbons (Fsp3) is 0. The third-order valence-electron chi connectivity index (χ3n) is 2.58. The summed E-state index contributed by atoms with van der Waals surface area (Å²) in [4.78, 5) is 23.3. The second-order valence-electron chi connectivity index (χ2n) is 3.93. The zero-order valence-corrected chi connectivity index (χ0v) is 13.0. The van der Waals surface area contributed by atoms with E-state index >= 15 is 0 Å². The maximum absolute atomic E-state index is 12.2. The molecule has 2 rings (SSSR count). The number of carbonyl (C=O) groups excluding carboxylic acids is 1. The van der Waals surface area contributed by atoms with Crippen molar-refractivity contribution in [1.82, 2.24) is 0 Å². The van der Waals surface area contributed by atoms with Gasteiger partial charge in [-0.3, -0.25) is 4.79 Å². The first kappa shape index (κ1) is 14.8. The molecule has 0 spiro atoms. The fourth-order valence-electron chi connectivity index (χ4n) is 1.64. The molecule has 20 heavy (non-hydrogen) atoms. The zero-order valence-electron chi connectivity index (χ0n) is 10.1. The highest BCUT2D eigenvalue weighted by Gasteiger charge is 2.15. The van der Waals surface area contributed by atoms with E-state index in [0.717, 1.165) is 3.57 Å². The molecular weight excluding hydrogens is 393 g/mol. The van der Waals surface area contributed by atoms with E-state index in [9.17, 15) is 9.59 Å². The van der Waals surface area contributed by atoms with Gasteiger partial charge in [0.1, 0.15) is 0 Å². The molecule has 2 aromatic rings. The molecular formula is C14H9ClINO3. The number of para-hydroxylation sites is 1. The topological polar surface area (TPSA) is 66.4 Å². The van der Waals surface area contributed by atoms with Crippen LogP contribution in [-0.4, -0.2) is 17.0 Å². The molecule has 0 fully saturated rings. The average Bonchev–Trinajstić information content (AvgIpc) is 2.41. The maximum atomic E-state index is 12.2. The lowest BCUT2D eigenvalue weighted by molar-refractivity contribution is 0.0698. The van der Waals surface area contributed by atoms with Crippen LogP contribution in [0.3, 0.4) is 0 Å². The number of halogens is 2. The molecule has 102 valence electrons. The maximum Gasteiger partial charge on any atom is 0.337 e. The van der Waals surface area contributed by atoms with Crippen molar-refractivity contribution in [3.8, 4) is 0 Å². The summed E-state index contributed by atoms with van der Waals surface area (Å²) in [6.45, 7) is 0. The molecule has 2 aromatic carbocycles. The van der Waals surface area contributed by atoms with Gasteiger partial charge in [-0.2, -0.15) is 0 Å². The molecule has 0 heterocycles. The molecule has 0 atom stereocenters. The zero-order chi connectivity index (χ0) is 14.7. The Morgan fingerprint density at radius 1 is 1.10 bits per heavy atom. The minimum atomic E-state index is -1.10. The number of carbonyl (C=O) groups is 2. The summed E-state index contributed by atoms with van der Waals surface area (Å²) >= 11 is 7.89. The molecule has 0 aliphatic rings. The number of carboxylic acids is 1. The monoisotopic (exact) mass is 401 g/mol. The van der Waals surface area contributed by atoms with E-state index in [1.807, 2.05) is 22.6 Å². The predicted octanol–water partition coefficient (Wildman–Crippen LogP) is 3.90. The molecule has 6 heteroatoms. The summed E-state index contributed by atoms with van der Waals surface area (Å²) in [7, 11) is 0. The van der Waals surface area contributed by atoms with Gasteiger partial charge in [0, 0.05) is 8.59 Å². The third kappa shape index (κ3) is 3.29. The van der Waals surface area contributed by atoms with Gasteiger partial charge in [-0.1, -0.05) is 23.7 Å². The van der Waals surface area contributed by atoms with Crippen molar-refractivity contribution in [2.45, 2.75) is 0 Å². The smallest absolute Gasteiger partial charge is 0.337 e. The molecule has 0 bridgehead atoms. The van der Waals surface area contributed by atoms with Crippen molar-refractivity contribution in [2.24, 2.45) is 0 Å². The number of nitrogens with one attached hydrogen (secondary N) is 1. The van der Waals surface area contributed by atoms with Gasteiger partial charge in [0.2, 0.25) is 0 Å². The molecule has 0 aliphatic heterocycles. The molecule has 0 unspecified atom stereocenters. The number of hydrogen-bond donors (Lipinski definition) is 2. The summed E-state index contributed by atoms with van der Waals surface area (Å²) < 4.78 is 0.734. The van der Waals surface area contributed by atoms with Crippen molar-refractivity contribution in [1.29, 1.82) is 0 Å². The van der Waals surface area contributed by atoms with Gasteiger partial charge in [-0.25, -0.2) is 4.79 Å². The van der Waals surface area contributed by atoms with Crippen LogP contribution in [0.1, 0.15) is 20.7 Å². The van der Waals surface area contributed by atoms with Gasteiger partial charge in [-0.15, -0.1) is 0 Å². The molecule has 1 amide bonds. The van der Waals surface area contributed by atoms with Gasteiger partial charge in [0.25, 0.3) is 5.91 Å². The van der Waals surface area contributed by atoms with Gasteiger partial charge in [0.15, 0.2) is 0 Å². The number of benzene rings is 2. The van der Waals surface area contributed by atoms with Crippen LogP contribution in [-0.2, 0) is 0 Å². The fourth-order valence-corrected chi connectivity index (χ4v) is 2.39. The van der Waals surface area contributed by atoms with Crippen LogP contribution >= 0.6 is 34.2 Å².